The van der Waals surface area contributed by atoms with Crippen molar-refractivity contribution in [3.63, 3.8) is 0 Å². The third-order valence-corrected chi connectivity index (χ3v) is 0.199. The van der Waals surface area contributed by atoms with Crippen LogP contribution in [-0.2, 0) is 0 Å². The van der Waals surface area contributed by atoms with Gasteiger partial charge in [-0.05, 0) is 0 Å². The Labute approximate surface area is 37.4 Å². The van der Waals surface area contributed by atoms with Crippen LogP contribution in [0.2, 0.25) is 0 Å². The second-order valence-electron chi connectivity index (χ2n) is 0.776. The summed E-state index contributed by atoms with van der Waals surface area (Å²) in [6, 6.07) is 0. The minimum atomic E-state index is -4.55. The lowest BCUT2D eigenvalue weighted by atomic mass is 10.7. The Morgan fingerprint density at radius 1 is 1.43 bits per heavy atom. The fraction of sp³-hybridized carbons (Fsp3) is 0.500. The second-order valence-corrected chi connectivity index (χ2v) is 0.776. The molecular formula is C2H2F3O2-. The number of halogens is 3. The van der Waals surface area contributed by atoms with Crippen molar-refractivity contribution in [1.82, 2.24) is 0 Å². The van der Waals surface area contributed by atoms with Crippen molar-refractivity contribution in [2.24, 2.45) is 0 Å². The summed E-state index contributed by atoms with van der Waals surface area (Å²) in [4.78, 5) is 1.51. The monoisotopic (exact) mass is 115 g/mol. The molecule has 0 radical (unpaired) electrons. The largest absolute Gasteiger partial charge is 0.582 e. The van der Waals surface area contributed by atoms with Crippen molar-refractivity contribution in [2.75, 3.05) is 0 Å². The summed E-state index contributed by atoms with van der Waals surface area (Å²) in [6.45, 7) is -0.618. The standard InChI is InChI=1S/C2H2F3O2/c3-2(4,5)1-7-6/h1,7H/q-1. The minimum Gasteiger partial charge on any atom is -0.582 e. The zero-order valence-electron chi connectivity index (χ0n) is 3.07. The van der Waals surface area contributed by atoms with Crippen molar-refractivity contribution < 1.29 is 23.3 Å². The Bertz CT molecular complexity index is 49.4. The number of hydrogen-bond donors (Lipinski definition) is 0. The van der Waals surface area contributed by atoms with Gasteiger partial charge < -0.3 is 10.1 Å². The molecule has 0 spiro atoms. The molecule has 0 aliphatic heterocycles. The molecule has 0 saturated carbocycles. The molecule has 0 fully saturated rings. The van der Waals surface area contributed by atoms with Gasteiger partial charge in [-0.1, -0.05) is 0 Å². The van der Waals surface area contributed by atoms with E-state index >= 15 is 0 Å². The normalized spacial score (nSPS) is 12.0. The average Bonchev–Trinajstić information content (AvgIpc) is 1.30. The zero-order valence-corrected chi connectivity index (χ0v) is 3.07. The number of aliphatic hydroxyl groups is 1. The molecule has 0 aliphatic rings. The molecule has 0 aliphatic carbocycles. The highest BCUT2D eigenvalue weighted by molar-refractivity contribution is 4.57. The highest BCUT2D eigenvalue weighted by atomic mass is 19.4. The smallest absolute Gasteiger partial charge is 0.336 e. The van der Waals surface area contributed by atoms with Crippen LogP contribution in [0, 0.1) is 6.61 Å². The predicted octanol–water partition coefficient (Wildman–Crippen LogP) is 0.0795. The summed E-state index contributed by atoms with van der Waals surface area (Å²) in [5.74, 6) is 0. The molecule has 0 saturated heterocycles. The van der Waals surface area contributed by atoms with Gasteiger partial charge in [0.15, 0.2) is 0 Å². The maximum absolute atomic E-state index is 10.7. The third kappa shape index (κ3) is 5.71. The van der Waals surface area contributed by atoms with Crippen LogP contribution in [0.4, 0.5) is 13.2 Å². The van der Waals surface area contributed by atoms with E-state index in [2.05, 4.69) is 0 Å². The van der Waals surface area contributed by atoms with Crippen LogP contribution in [0.1, 0.15) is 0 Å². The quantitative estimate of drug-likeness (QED) is 0.206. The van der Waals surface area contributed by atoms with Gasteiger partial charge in [-0.2, -0.15) is 13.2 Å². The molecule has 7 heavy (non-hydrogen) atoms. The van der Waals surface area contributed by atoms with Crippen molar-refractivity contribution in [2.45, 2.75) is 6.18 Å². The van der Waals surface area contributed by atoms with Gasteiger partial charge >= 0.3 is 6.18 Å². The van der Waals surface area contributed by atoms with Gasteiger partial charge in [0.2, 0.25) is 0 Å². The van der Waals surface area contributed by atoms with Gasteiger partial charge in [0.25, 0.3) is 0 Å². The summed E-state index contributed by atoms with van der Waals surface area (Å²) in [6.07, 6.45) is -4.55. The summed E-state index contributed by atoms with van der Waals surface area (Å²) < 4.78 is 32.1. The highest BCUT2D eigenvalue weighted by Gasteiger charge is 2.18. The Hall–Kier alpha value is -0.290. The van der Waals surface area contributed by atoms with Gasteiger partial charge in [-0.15, -0.1) is 0 Å². The molecule has 0 rings (SSSR count). The topological polar surface area (TPSA) is 35.9 Å². The SMILES string of the molecule is [O-][OH+][CH-]C(F)(F)F. The first-order valence-electron chi connectivity index (χ1n) is 1.30. The molecule has 0 unspecified atom stereocenters. The first-order valence-corrected chi connectivity index (χ1v) is 1.30. The molecule has 2 nitrogen and oxygen atoms in total. The summed E-state index contributed by atoms with van der Waals surface area (Å²) in [5, 5.41) is 8.79. The van der Waals surface area contributed by atoms with Gasteiger partial charge in [0, 0.05) is 0 Å². The van der Waals surface area contributed by atoms with Crippen molar-refractivity contribution in [3.8, 4) is 0 Å². The molecule has 0 aromatic carbocycles. The molecule has 0 heterocycles. The predicted molar refractivity (Wildman–Crippen MR) is 13.0 cm³/mol. The first kappa shape index (κ1) is 6.71. The van der Waals surface area contributed by atoms with Crippen LogP contribution in [-0.4, -0.2) is 11.1 Å². The molecule has 0 bridgehead atoms. The molecule has 44 valence electrons. The van der Waals surface area contributed by atoms with Crippen LogP contribution >= 0.6 is 0 Å². The second kappa shape index (κ2) is 2.13. The maximum atomic E-state index is 10.7. The van der Waals surface area contributed by atoms with Crippen LogP contribution in [0.5, 0.6) is 0 Å². The van der Waals surface area contributed by atoms with Crippen LogP contribution < -0.4 is 5.26 Å². The fourth-order valence-corrected chi connectivity index (χ4v) is 0.0598. The van der Waals surface area contributed by atoms with Gasteiger partial charge in [-0.25, -0.2) is 0 Å². The summed E-state index contributed by atoms with van der Waals surface area (Å²) in [5.41, 5.74) is 0. The van der Waals surface area contributed by atoms with Crippen LogP contribution in [0.3, 0.4) is 0 Å². The minimum absolute atomic E-state index is 0.618. The van der Waals surface area contributed by atoms with Crippen LogP contribution in [0.25, 0.3) is 0 Å². The van der Waals surface area contributed by atoms with Crippen LogP contribution in [0.15, 0.2) is 0 Å². The number of rotatable bonds is 1. The molecular weight excluding hydrogens is 113 g/mol. The Morgan fingerprint density at radius 2 is 1.86 bits per heavy atom. The molecule has 0 amide bonds. The lowest BCUT2D eigenvalue weighted by Crippen LogP contribution is -2.20. The number of hydrogen-bond acceptors (Lipinski definition) is 1. The summed E-state index contributed by atoms with van der Waals surface area (Å²) in [7, 11) is 0. The van der Waals surface area contributed by atoms with Gasteiger partial charge in [-0.3, -0.25) is 0 Å². The Morgan fingerprint density at radius 3 is 1.86 bits per heavy atom. The first-order chi connectivity index (χ1) is 3.06. The zero-order chi connectivity index (χ0) is 5.91. The number of alkyl halides is 3. The fourth-order valence-electron chi connectivity index (χ4n) is 0.0598. The lowest BCUT2D eigenvalue weighted by molar-refractivity contribution is -0.767. The van der Waals surface area contributed by atoms with E-state index < -0.39 is 12.8 Å². The van der Waals surface area contributed by atoms with E-state index in [1.807, 2.05) is 0 Å². The molecule has 5 heteroatoms. The van der Waals surface area contributed by atoms with E-state index in [1.165, 1.54) is 4.89 Å². The van der Waals surface area contributed by atoms with Crippen molar-refractivity contribution in [1.29, 1.82) is 0 Å². The lowest BCUT2D eigenvalue weighted by Gasteiger charge is -2.13. The van der Waals surface area contributed by atoms with Crippen molar-refractivity contribution >= 4 is 0 Å². The van der Waals surface area contributed by atoms with Crippen molar-refractivity contribution in [3.05, 3.63) is 6.61 Å². The van der Waals surface area contributed by atoms with Gasteiger partial charge in [0.05, 0.1) is 6.61 Å². The molecule has 0 atom stereocenters. The Kier molecular flexibility index (Phi) is 2.04. The van der Waals surface area contributed by atoms with E-state index in [0.29, 0.717) is 0 Å². The Balaban J connectivity index is 3.15. The van der Waals surface area contributed by atoms with Gasteiger partial charge in [0.1, 0.15) is 0 Å². The third-order valence-electron chi connectivity index (χ3n) is 0.199. The highest BCUT2D eigenvalue weighted by Crippen LogP contribution is 2.15. The van der Waals surface area contributed by atoms with E-state index in [9.17, 15) is 13.2 Å². The maximum Gasteiger partial charge on any atom is 0.336 e. The summed E-state index contributed by atoms with van der Waals surface area (Å²) >= 11 is 0. The molecule has 0 aromatic heterocycles. The van der Waals surface area contributed by atoms with E-state index in [1.54, 1.807) is 0 Å². The van der Waals surface area contributed by atoms with E-state index in [-0.39, 0.29) is 0 Å². The molecule has 0 aromatic rings. The molecule has 1 N–H and O–H groups in total. The van der Waals surface area contributed by atoms with E-state index in [0.717, 1.165) is 0 Å². The van der Waals surface area contributed by atoms with E-state index in [4.69, 9.17) is 5.26 Å². The average molecular weight is 115 g/mol.